The second-order valence-corrected chi connectivity index (χ2v) is 11.5. The van der Waals surface area contributed by atoms with Crippen LogP contribution in [0.1, 0.15) is 11.1 Å². The molecule has 3 aromatic heterocycles. The minimum Gasteiger partial charge on any atom is -0.507 e. The summed E-state index contributed by atoms with van der Waals surface area (Å²) < 4.78 is 49.1. The molecule has 1 aromatic carbocycles. The van der Waals surface area contributed by atoms with Crippen LogP contribution in [0.15, 0.2) is 48.2 Å². The first-order valence-electron chi connectivity index (χ1n) is 10.8. The molecule has 0 spiro atoms. The van der Waals surface area contributed by atoms with E-state index in [4.69, 9.17) is 18.3 Å². The number of nitrogens with one attached hydrogen (secondary N) is 1. The van der Waals surface area contributed by atoms with Crippen LogP contribution in [0.3, 0.4) is 0 Å². The summed E-state index contributed by atoms with van der Waals surface area (Å²) in [4.78, 5) is 12.1. The molecule has 5 rings (SSSR count). The summed E-state index contributed by atoms with van der Waals surface area (Å²) in [5, 5.41) is 14.4. The number of sulfone groups is 1. The summed E-state index contributed by atoms with van der Waals surface area (Å²) in [6, 6.07) is 8.65. The molecule has 0 bridgehead atoms. The zero-order valence-corrected chi connectivity index (χ0v) is 20.8. The molecule has 1 atom stereocenters. The molecule has 9 nitrogen and oxygen atoms in total. The van der Waals surface area contributed by atoms with Crippen molar-refractivity contribution in [2.24, 2.45) is 0 Å². The molecule has 2 N–H and O–H groups in total. The lowest BCUT2D eigenvalue weighted by Crippen LogP contribution is -2.42. The van der Waals surface area contributed by atoms with Gasteiger partial charge in [0.1, 0.15) is 15.5 Å². The maximum absolute atomic E-state index is 13.4. The zero-order chi connectivity index (χ0) is 24.9. The van der Waals surface area contributed by atoms with Crippen molar-refractivity contribution in [1.82, 2.24) is 5.32 Å². The monoisotopic (exact) mass is 517 g/mol. The van der Waals surface area contributed by atoms with Crippen molar-refractivity contribution in [3.8, 4) is 33.5 Å². The molecule has 0 saturated carbocycles. The molecular weight excluding hydrogens is 494 g/mol. The SMILES string of the molecule is COc1cc(-c2ccc3oc(-c4oc(=O)c(C)c(O)c4C)cc3c2)c(S(=O)(=O)C2CNCCO2)s1. The lowest BCUT2D eigenvalue weighted by Gasteiger charge is -2.23. The number of rotatable bonds is 5. The van der Waals surface area contributed by atoms with E-state index in [0.29, 0.717) is 45.9 Å². The Bertz CT molecular complexity index is 1590. The van der Waals surface area contributed by atoms with Gasteiger partial charge in [-0.05, 0) is 37.6 Å². The highest BCUT2D eigenvalue weighted by Crippen LogP contribution is 2.42. The van der Waals surface area contributed by atoms with Gasteiger partial charge in [0, 0.05) is 35.7 Å². The van der Waals surface area contributed by atoms with Gasteiger partial charge in [-0.15, -0.1) is 0 Å². The number of thiophene rings is 1. The van der Waals surface area contributed by atoms with Crippen LogP contribution in [-0.2, 0) is 14.6 Å². The Morgan fingerprint density at radius 2 is 1.94 bits per heavy atom. The quantitative estimate of drug-likeness (QED) is 0.406. The molecule has 11 heteroatoms. The molecule has 1 saturated heterocycles. The number of fused-ring (bicyclic) bond motifs is 1. The third-order valence-corrected chi connectivity index (χ3v) is 9.55. The minimum absolute atomic E-state index is 0.127. The Balaban J connectivity index is 1.61. The van der Waals surface area contributed by atoms with Gasteiger partial charge in [0.2, 0.25) is 9.84 Å². The van der Waals surface area contributed by atoms with Gasteiger partial charge in [-0.2, -0.15) is 0 Å². The number of furan rings is 1. The van der Waals surface area contributed by atoms with E-state index in [2.05, 4.69) is 5.32 Å². The van der Waals surface area contributed by atoms with E-state index in [0.717, 1.165) is 11.3 Å². The summed E-state index contributed by atoms with van der Waals surface area (Å²) in [6.07, 6.45) is 0. The highest BCUT2D eigenvalue weighted by Gasteiger charge is 2.34. The van der Waals surface area contributed by atoms with Gasteiger partial charge in [-0.3, -0.25) is 0 Å². The lowest BCUT2D eigenvalue weighted by atomic mass is 10.1. The van der Waals surface area contributed by atoms with Crippen molar-refractivity contribution in [2.45, 2.75) is 23.5 Å². The predicted octanol–water partition coefficient (Wildman–Crippen LogP) is 3.83. The molecule has 35 heavy (non-hydrogen) atoms. The molecule has 0 radical (unpaired) electrons. The van der Waals surface area contributed by atoms with E-state index < -0.39 is 20.9 Å². The third kappa shape index (κ3) is 4.04. The average molecular weight is 518 g/mol. The normalized spacial score (nSPS) is 16.6. The van der Waals surface area contributed by atoms with Crippen molar-refractivity contribution in [3.05, 3.63) is 51.9 Å². The summed E-state index contributed by atoms with van der Waals surface area (Å²) in [7, 11) is -2.30. The number of methoxy groups -OCH3 is 1. The van der Waals surface area contributed by atoms with E-state index in [1.807, 2.05) is 0 Å². The van der Waals surface area contributed by atoms with Crippen LogP contribution in [0.4, 0.5) is 0 Å². The fraction of sp³-hybridized carbons (Fsp3) is 0.292. The second kappa shape index (κ2) is 8.83. The number of hydrogen-bond acceptors (Lipinski definition) is 10. The van der Waals surface area contributed by atoms with Gasteiger partial charge in [-0.1, -0.05) is 17.4 Å². The highest BCUT2D eigenvalue weighted by atomic mass is 32.2. The predicted molar refractivity (Wildman–Crippen MR) is 131 cm³/mol. The summed E-state index contributed by atoms with van der Waals surface area (Å²) in [6.45, 7) is 4.24. The number of morpholine rings is 1. The van der Waals surface area contributed by atoms with Crippen molar-refractivity contribution in [3.63, 3.8) is 0 Å². The van der Waals surface area contributed by atoms with E-state index in [9.17, 15) is 18.3 Å². The van der Waals surface area contributed by atoms with Crippen LogP contribution in [0.25, 0.3) is 33.6 Å². The van der Waals surface area contributed by atoms with Gasteiger partial charge in [0.25, 0.3) is 0 Å². The van der Waals surface area contributed by atoms with Crippen molar-refractivity contribution >= 4 is 32.1 Å². The van der Waals surface area contributed by atoms with Gasteiger partial charge in [0.15, 0.2) is 22.0 Å². The first-order chi connectivity index (χ1) is 16.7. The highest BCUT2D eigenvalue weighted by molar-refractivity contribution is 7.94. The van der Waals surface area contributed by atoms with E-state index in [1.54, 1.807) is 37.3 Å². The Morgan fingerprint density at radius 1 is 1.14 bits per heavy atom. The fourth-order valence-electron chi connectivity index (χ4n) is 4.01. The van der Waals surface area contributed by atoms with Crippen molar-refractivity contribution in [2.75, 3.05) is 26.8 Å². The number of benzene rings is 1. The average Bonchev–Trinajstić information content (AvgIpc) is 3.49. The smallest absolute Gasteiger partial charge is 0.343 e. The van der Waals surface area contributed by atoms with Crippen LogP contribution in [0, 0.1) is 13.8 Å². The third-order valence-electron chi connectivity index (χ3n) is 5.98. The van der Waals surface area contributed by atoms with E-state index in [1.165, 1.54) is 14.0 Å². The largest absolute Gasteiger partial charge is 0.507 e. The second-order valence-electron chi connectivity index (χ2n) is 8.20. The van der Waals surface area contributed by atoms with Crippen LogP contribution < -0.4 is 15.7 Å². The number of hydrogen-bond donors (Lipinski definition) is 2. The van der Waals surface area contributed by atoms with Gasteiger partial charge in [0.05, 0.1) is 19.3 Å². The van der Waals surface area contributed by atoms with E-state index in [-0.39, 0.29) is 33.6 Å². The van der Waals surface area contributed by atoms with Gasteiger partial charge >= 0.3 is 5.63 Å². The van der Waals surface area contributed by atoms with Crippen LogP contribution in [-0.4, -0.2) is 45.8 Å². The van der Waals surface area contributed by atoms with Crippen molar-refractivity contribution in [1.29, 1.82) is 0 Å². The molecule has 4 heterocycles. The Morgan fingerprint density at radius 3 is 2.66 bits per heavy atom. The zero-order valence-electron chi connectivity index (χ0n) is 19.2. The molecule has 184 valence electrons. The molecule has 1 unspecified atom stereocenters. The Hall–Kier alpha value is -3.12. The van der Waals surface area contributed by atoms with Gasteiger partial charge < -0.3 is 28.7 Å². The molecule has 1 aliphatic heterocycles. The topological polar surface area (TPSA) is 128 Å². The molecular formula is C24H23NO8S2. The first-order valence-corrected chi connectivity index (χ1v) is 13.2. The Labute approximate surface area is 204 Å². The van der Waals surface area contributed by atoms with Gasteiger partial charge in [-0.25, -0.2) is 13.2 Å². The van der Waals surface area contributed by atoms with Crippen molar-refractivity contribution < 1.29 is 31.8 Å². The summed E-state index contributed by atoms with van der Waals surface area (Å²) in [5.74, 6) is 0.273. The number of ether oxygens (including phenoxy) is 2. The van der Waals surface area contributed by atoms with E-state index >= 15 is 0 Å². The molecule has 0 aliphatic carbocycles. The maximum Gasteiger partial charge on any atom is 0.343 e. The molecule has 4 aromatic rings. The molecule has 1 fully saturated rings. The molecule has 0 amide bonds. The maximum atomic E-state index is 13.4. The fourth-order valence-corrected chi connectivity index (χ4v) is 7.11. The minimum atomic E-state index is -3.79. The summed E-state index contributed by atoms with van der Waals surface area (Å²) in [5.41, 5.74) is 0.544. The van der Waals surface area contributed by atoms with Crippen LogP contribution >= 0.6 is 11.3 Å². The Kier molecular flexibility index (Phi) is 5.96. The lowest BCUT2D eigenvalue weighted by molar-refractivity contribution is 0.0786. The number of aromatic hydroxyl groups is 1. The first kappa shape index (κ1) is 23.6. The standard InChI is InChI=1S/C24H23NO8S2/c1-12-21(26)13(2)23(27)33-22(12)18-9-15-8-14(4-5-17(15)32-18)16-10-19(30-3)34-24(16)35(28,29)20-11-25-6-7-31-20/h4-5,8-10,20,25-26H,6-7,11H2,1-3H3. The molecule has 1 aliphatic rings. The van der Waals surface area contributed by atoms with Crippen LogP contribution in [0.5, 0.6) is 10.8 Å². The van der Waals surface area contributed by atoms with Crippen LogP contribution in [0.2, 0.25) is 0 Å². The summed E-state index contributed by atoms with van der Waals surface area (Å²) >= 11 is 1.05.